The molecule has 1 nitrogen and oxygen atoms in total. The molecule has 0 radical (unpaired) electrons. The van der Waals surface area contributed by atoms with Crippen molar-refractivity contribution in [3.05, 3.63) is 24.5 Å². The molecule has 1 heteroatoms. The van der Waals surface area contributed by atoms with Crippen LogP contribution in [0.15, 0.2) is 24.5 Å². The van der Waals surface area contributed by atoms with E-state index in [1.54, 1.807) is 0 Å². The van der Waals surface area contributed by atoms with E-state index in [9.17, 15) is 0 Å². The molecule has 0 saturated carbocycles. The zero-order valence-electron chi connectivity index (χ0n) is 6.39. The molecule has 0 aliphatic heterocycles. The fourth-order valence-electron chi connectivity index (χ4n) is 0.278. The maximum absolute atomic E-state index is 2.86. The van der Waals surface area contributed by atoms with Gasteiger partial charge in [0, 0.05) is 12.4 Å². The second-order valence-electron chi connectivity index (χ2n) is 2.62. The lowest BCUT2D eigenvalue weighted by molar-refractivity contribution is 0.737. The Morgan fingerprint density at radius 2 is 1.30 bits per heavy atom. The maximum Gasteiger partial charge on any atom is 0.000496 e. The van der Waals surface area contributed by atoms with Crippen molar-refractivity contribution in [3.8, 4) is 0 Å². The van der Waals surface area contributed by atoms with E-state index in [4.69, 9.17) is 0 Å². The highest BCUT2D eigenvalue weighted by atomic mass is 14.6. The maximum atomic E-state index is 2.86. The Bertz CT molecular complexity index is 88.3. The molecular formula is C9H19N. The zero-order chi connectivity index (χ0) is 7.11. The van der Waals surface area contributed by atoms with Crippen LogP contribution in [0.1, 0.15) is 28.2 Å². The van der Waals surface area contributed by atoms with Gasteiger partial charge in [-0.15, -0.1) is 0 Å². The third-order valence-electron chi connectivity index (χ3n) is 0.496. The number of nitrogens with one attached hydrogen (secondary N) is 1. The fourth-order valence-corrected chi connectivity index (χ4v) is 0.278. The molecule has 0 atom stereocenters. The van der Waals surface area contributed by atoms with E-state index in [0.717, 1.165) is 5.92 Å². The van der Waals surface area contributed by atoms with Crippen LogP contribution in [0.4, 0.5) is 0 Å². The molecule has 1 aromatic rings. The topological polar surface area (TPSA) is 15.8 Å². The third kappa shape index (κ3) is 15.7. The Hall–Kier alpha value is -0.720. The Labute approximate surface area is 64.5 Å². The van der Waals surface area contributed by atoms with Gasteiger partial charge >= 0.3 is 0 Å². The average Bonchev–Trinajstić information content (AvgIpc) is 2.11. The average molecular weight is 141 g/mol. The highest BCUT2D eigenvalue weighted by molar-refractivity contribution is 4.84. The van der Waals surface area contributed by atoms with Crippen molar-refractivity contribution in [2.45, 2.75) is 28.2 Å². The standard InChI is InChI=1S/C4H5N.C4H10.CH4/c1-2-4-5-3-1;1-4(2)3;/h1-5H;4H,1-3H3;1H4. The van der Waals surface area contributed by atoms with E-state index < -0.39 is 0 Å². The molecule has 1 rings (SSSR count). The summed E-state index contributed by atoms with van der Waals surface area (Å²) in [5.41, 5.74) is 0. The molecule has 0 saturated heterocycles. The summed E-state index contributed by atoms with van der Waals surface area (Å²) in [7, 11) is 0. The Morgan fingerprint density at radius 3 is 1.40 bits per heavy atom. The van der Waals surface area contributed by atoms with Crippen LogP contribution >= 0.6 is 0 Å². The summed E-state index contributed by atoms with van der Waals surface area (Å²) < 4.78 is 0. The lowest BCUT2D eigenvalue weighted by atomic mass is 10.3. The molecule has 0 aromatic carbocycles. The van der Waals surface area contributed by atoms with E-state index in [0.29, 0.717) is 0 Å². The van der Waals surface area contributed by atoms with E-state index in [1.165, 1.54) is 0 Å². The highest BCUT2D eigenvalue weighted by Gasteiger charge is 1.68. The molecule has 0 unspecified atom stereocenters. The summed E-state index contributed by atoms with van der Waals surface area (Å²) in [6.45, 7) is 6.50. The molecule has 1 N–H and O–H groups in total. The molecule has 0 aliphatic rings. The second-order valence-corrected chi connectivity index (χ2v) is 2.62. The van der Waals surface area contributed by atoms with Gasteiger partial charge in [0.15, 0.2) is 0 Å². The van der Waals surface area contributed by atoms with Gasteiger partial charge in [0.2, 0.25) is 0 Å². The van der Waals surface area contributed by atoms with E-state index in [-0.39, 0.29) is 7.43 Å². The van der Waals surface area contributed by atoms with Crippen molar-refractivity contribution in [2.24, 2.45) is 5.92 Å². The lowest BCUT2D eigenvalue weighted by Gasteiger charge is -1.79. The van der Waals surface area contributed by atoms with Crippen molar-refractivity contribution < 1.29 is 0 Å². The monoisotopic (exact) mass is 141 g/mol. The van der Waals surface area contributed by atoms with Crippen molar-refractivity contribution in [1.29, 1.82) is 0 Å². The van der Waals surface area contributed by atoms with Gasteiger partial charge < -0.3 is 4.98 Å². The number of H-pyrrole nitrogens is 1. The van der Waals surface area contributed by atoms with Crippen LogP contribution in [0.25, 0.3) is 0 Å². The largest absolute Gasteiger partial charge is 0.368 e. The van der Waals surface area contributed by atoms with Gasteiger partial charge in [-0.3, -0.25) is 0 Å². The molecule has 0 bridgehead atoms. The van der Waals surface area contributed by atoms with Gasteiger partial charge in [-0.05, 0) is 18.1 Å². The van der Waals surface area contributed by atoms with Crippen LogP contribution in [-0.4, -0.2) is 4.98 Å². The van der Waals surface area contributed by atoms with E-state index >= 15 is 0 Å². The normalized spacial score (nSPS) is 7.60. The minimum Gasteiger partial charge on any atom is -0.368 e. The first-order valence-corrected chi connectivity index (χ1v) is 3.31. The van der Waals surface area contributed by atoms with E-state index in [2.05, 4.69) is 25.8 Å². The quantitative estimate of drug-likeness (QED) is 0.570. The Balaban J connectivity index is 0. The number of rotatable bonds is 0. The van der Waals surface area contributed by atoms with Gasteiger partial charge in [0.25, 0.3) is 0 Å². The lowest BCUT2D eigenvalue weighted by Crippen LogP contribution is -1.66. The van der Waals surface area contributed by atoms with E-state index in [1.807, 2.05) is 24.5 Å². The Morgan fingerprint density at radius 1 is 1.00 bits per heavy atom. The van der Waals surface area contributed by atoms with Gasteiger partial charge in [0.05, 0.1) is 0 Å². The molecule has 0 spiro atoms. The number of hydrogen-bond acceptors (Lipinski definition) is 0. The molecule has 1 aromatic heterocycles. The van der Waals surface area contributed by atoms with Crippen LogP contribution in [-0.2, 0) is 0 Å². The SMILES string of the molecule is C.CC(C)C.c1cc[nH]c1. The van der Waals surface area contributed by atoms with Crippen molar-refractivity contribution in [2.75, 3.05) is 0 Å². The van der Waals surface area contributed by atoms with Gasteiger partial charge in [-0.2, -0.15) is 0 Å². The summed E-state index contributed by atoms with van der Waals surface area (Å²) in [5, 5.41) is 0. The van der Waals surface area contributed by atoms with Gasteiger partial charge in [-0.1, -0.05) is 28.2 Å². The summed E-state index contributed by atoms with van der Waals surface area (Å²) in [6.07, 6.45) is 3.75. The number of hydrogen-bond donors (Lipinski definition) is 1. The number of aromatic nitrogens is 1. The molecule has 0 aliphatic carbocycles. The van der Waals surface area contributed by atoms with Crippen LogP contribution in [0.2, 0.25) is 0 Å². The van der Waals surface area contributed by atoms with Crippen LogP contribution < -0.4 is 0 Å². The molecule has 0 fully saturated rings. The fraction of sp³-hybridized carbons (Fsp3) is 0.556. The summed E-state index contributed by atoms with van der Waals surface area (Å²) >= 11 is 0. The molecule has 0 amide bonds. The summed E-state index contributed by atoms with van der Waals surface area (Å²) in [5.74, 6) is 0.833. The van der Waals surface area contributed by atoms with Crippen LogP contribution in [0, 0.1) is 5.92 Å². The first kappa shape index (κ1) is 12.0. The van der Waals surface area contributed by atoms with Crippen molar-refractivity contribution >= 4 is 0 Å². The number of aromatic amines is 1. The first-order chi connectivity index (χ1) is 4.23. The first-order valence-electron chi connectivity index (χ1n) is 3.31. The zero-order valence-corrected chi connectivity index (χ0v) is 6.39. The molecule has 1 heterocycles. The highest BCUT2D eigenvalue weighted by Crippen LogP contribution is 1.81. The molecular weight excluding hydrogens is 122 g/mol. The summed E-state index contributed by atoms with van der Waals surface area (Å²) in [6, 6.07) is 3.89. The van der Waals surface area contributed by atoms with Gasteiger partial charge in [0.1, 0.15) is 0 Å². The third-order valence-corrected chi connectivity index (χ3v) is 0.496. The predicted octanol–water partition coefficient (Wildman–Crippen LogP) is 3.31. The smallest absolute Gasteiger partial charge is 0.000496 e. The second kappa shape index (κ2) is 8.28. The minimum atomic E-state index is 0. The van der Waals surface area contributed by atoms with Crippen molar-refractivity contribution in [3.63, 3.8) is 0 Å². The van der Waals surface area contributed by atoms with Crippen LogP contribution in [0.5, 0.6) is 0 Å². The van der Waals surface area contributed by atoms with Crippen molar-refractivity contribution in [1.82, 2.24) is 4.98 Å². The van der Waals surface area contributed by atoms with Crippen LogP contribution in [0.3, 0.4) is 0 Å². The summed E-state index contributed by atoms with van der Waals surface area (Å²) in [4.78, 5) is 2.86. The predicted molar refractivity (Wildman–Crippen MR) is 48.0 cm³/mol. The molecule has 60 valence electrons. The Kier molecular flexibility index (Phi) is 9.94. The van der Waals surface area contributed by atoms with Gasteiger partial charge in [-0.25, -0.2) is 0 Å². The molecule has 10 heavy (non-hydrogen) atoms. The minimum absolute atomic E-state index is 0.